The van der Waals surface area contributed by atoms with Gasteiger partial charge in [0, 0.05) is 25.7 Å². The Morgan fingerprint density at radius 1 is 1.21 bits per heavy atom. The van der Waals surface area contributed by atoms with E-state index < -0.39 is 0 Å². The molecule has 2 N–H and O–H groups in total. The third kappa shape index (κ3) is 2.69. The average molecular weight is 198 g/mol. The van der Waals surface area contributed by atoms with Gasteiger partial charge in [0.05, 0.1) is 6.10 Å². The van der Waals surface area contributed by atoms with Gasteiger partial charge in [-0.15, -0.1) is 0 Å². The van der Waals surface area contributed by atoms with Crippen LogP contribution in [0.25, 0.3) is 0 Å². The monoisotopic (exact) mass is 198 g/mol. The number of rotatable bonds is 3. The zero-order chi connectivity index (χ0) is 9.80. The second-order valence-electron chi connectivity index (χ2n) is 4.58. The molecule has 1 saturated heterocycles. The van der Waals surface area contributed by atoms with Crippen molar-refractivity contribution in [3.05, 3.63) is 0 Å². The third-order valence-electron chi connectivity index (χ3n) is 3.49. The van der Waals surface area contributed by atoms with Gasteiger partial charge in [0.2, 0.25) is 0 Å². The van der Waals surface area contributed by atoms with Crippen molar-refractivity contribution in [2.75, 3.05) is 20.2 Å². The Bertz CT molecular complexity index is 169. The molecule has 0 spiro atoms. The van der Waals surface area contributed by atoms with E-state index in [1.807, 2.05) is 7.11 Å². The zero-order valence-electron chi connectivity index (χ0n) is 9.09. The largest absolute Gasteiger partial charge is 0.381 e. The summed E-state index contributed by atoms with van der Waals surface area (Å²) in [5, 5.41) is 7.18. The second kappa shape index (κ2) is 5.10. The highest BCUT2D eigenvalue weighted by atomic mass is 16.5. The Morgan fingerprint density at radius 2 is 2.14 bits per heavy atom. The fourth-order valence-electron chi connectivity index (χ4n) is 2.63. The molecule has 2 aliphatic rings. The van der Waals surface area contributed by atoms with E-state index in [4.69, 9.17) is 4.74 Å². The Balaban J connectivity index is 1.69. The normalized spacial score (nSPS) is 38.8. The Labute approximate surface area is 86.6 Å². The Hall–Kier alpha value is -0.120. The highest BCUT2D eigenvalue weighted by Crippen LogP contribution is 2.22. The highest BCUT2D eigenvalue weighted by molar-refractivity contribution is 4.85. The summed E-state index contributed by atoms with van der Waals surface area (Å²) in [4.78, 5) is 0. The number of hydrogen-bond donors (Lipinski definition) is 2. The third-order valence-corrected chi connectivity index (χ3v) is 3.49. The van der Waals surface area contributed by atoms with Gasteiger partial charge in [-0.2, -0.15) is 0 Å². The smallest absolute Gasteiger partial charge is 0.0586 e. The molecule has 0 radical (unpaired) electrons. The standard InChI is InChI=1S/C11H22N2O/c1-14-11-5-4-9(7-11)13-10-3-2-6-12-8-10/h9-13H,2-8H2,1H3. The predicted molar refractivity (Wildman–Crippen MR) is 57.5 cm³/mol. The molecule has 1 heterocycles. The fourth-order valence-corrected chi connectivity index (χ4v) is 2.63. The lowest BCUT2D eigenvalue weighted by molar-refractivity contribution is 0.106. The van der Waals surface area contributed by atoms with E-state index in [1.165, 1.54) is 38.6 Å². The summed E-state index contributed by atoms with van der Waals surface area (Å²) >= 11 is 0. The maximum absolute atomic E-state index is 5.37. The van der Waals surface area contributed by atoms with E-state index in [2.05, 4.69) is 10.6 Å². The van der Waals surface area contributed by atoms with Crippen LogP contribution < -0.4 is 10.6 Å². The van der Waals surface area contributed by atoms with Crippen LogP contribution in [0.1, 0.15) is 32.1 Å². The molecule has 1 aliphatic carbocycles. The molecule has 0 amide bonds. The summed E-state index contributed by atoms with van der Waals surface area (Å²) in [7, 11) is 1.83. The SMILES string of the molecule is COC1CCC(NC2CCCNC2)C1. The summed E-state index contributed by atoms with van der Waals surface area (Å²) in [6.07, 6.45) is 6.87. The van der Waals surface area contributed by atoms with Crippen LogP contribution in [0, 0.1) is 0 Å². The van der Waals surface area contributed by atoms with Crippen LogP contribution in [0.2, 0.25) is 0 Å². The molecule has 3 atom stereocenters. The van der Waals surface area contributed by atoms with Gasteiger partial charge in [-0.1, -0.05) is 0 Å². The minimum absolute atomic E-state index is 0.504. The van der Waals surface area contributed by atoms with Crippen LogP contribution in [-0.4, -0.2) is 38.4 Å². The van der Waals surface area contributed by atoms with Crippen molar-refractivity contribution in [3.8, 4) is 0 Å². The molecule has 1 aliphatic heterocycles. The number of hydrogen-bond acceptors (Lipinski definition) is 3. The van der Waals surface area contributed by atoms with Gasteiger partial charge >= 0.3 is 0 Å². The first-order valence-electron chi connectivity index (χ1n) is 5.88. The van der Waals surface area contributed by atoms with Crippen molar-refractivity contribution in [2.45, 2.75) is 50.3 Å². The summed E-state index contributed by atoms with van der Waals surface area (Å²) in [5.41, 5.74) is 0. The van der Waals surface area contributed by atoms with Crippen molar-refractivity contribution in [1.82, 2.24) is 10.6 Å². The highest BCUT2D eigenvalue weighted by Gasteiger charge is 2.26. The van der Waals surface area contributed by atoms with Crippen LogP contribution in [0.5, 0.6) is 0 Å². The van der Waals surface area contributed by atoms with Gasteiger partial charge in [0.1, 0.15) is 0 Å². The fraction of sp³-hybridized carbons (Fsp3) is 1.00. The topological polar surface area (TPSA) is 33.3 Å². The van der Waals surface area contributed by atoms with Crippen molar-refractivity contribution in [1.29, 1.82) is 0 Å². The summed E-state index contributed by atoms with van der Waals surface area (Å²) in [6.45, 7) is 2.34. The van der Waals surface area contributed by atoms with Gasteiger partial charge < -0.3 is 15.4 Å². The second-order valence-corrected chi connectivity index (χ2v) is 4.58. The van der Waals surface area contributed by atoms with E-state index >= 15 is 0 Å². The van der Waals surface area contributed by atoms with Crippen LogP contribution in [-0.2, 0) is 4.74 Å². The van der Waals surface area contributed by atoms with Gasteiger partial charge in [-0.25, -0.2) is 0 Å². The maximum atomic E-state index is 5.37. The molecule has 14 heavy (non-hydrogen) atoms. The van der Waals surface area contributed by atoms with E-state index in [0.29, 0.717) is 18.2 Å². The Kier molecular flexibility index (Phi) is 3.79. The van der Waals surface area contributed by atoms with E-state index in [-0.39, 0.29) is 0 Å². The molecule has 3 unspecified atom stereocenters. The zero-order valence-corrected chi connectivity index (χ0v) is 9.09. The van der Waals surface area contributed by atoms with Gasteiger partial charge in [0.25, 0.3) is 0 Å². The molecule has 0 bridgehead atoms. The molecule has 0 aromatic rings. The predicted octanol–water partition coefficient (Wildman–Crippen LogP) is 0.895. The Morgan fingerprint density at radius 3 is 2.79 bits per heavy atom. The van der Waals surface area contributed by atoms with E-state index in [1.54, 1.807) is 0 Å². The van der Waals surface area contributed by atoms with Gasteiger partial charge in [-0.3, -0.25) is 0 Å². The van der Waals surface area contributed by atoms with Crippen LogP contribution in [0.15, 0.2) is 0 Å². The average Bonchev–Trinajstić information content (AvgIpc) is 2.67. The van der Waals surface area contributed by atoms with Crippen LogP contribution >= 0.6 is 0 Å². The summed E-state index contributed by atoms with van der Waals surface area (Å²) in [5.74, 6) is 0. The molecule has 3 heteroatoms. The summed E-state index contributed by atoms with van der Waals surface area (Å²) < 4.78 is 5.37. The lowest BCUT2D eigenvalue weighted by atomic mass is 10.1. The maximum Gasteiger partial charge on any atom is 0.0586 e. The van der Waals surface area contributed by atoms with E-state index in [9.17, 15) is 0 Å². The number of nitrogens with one attached hydrogen (secondary N) is 2. The van der Waals surface area contributed by atoms with Gasteiger partial charge in [-0.05, 0) is 38.6 Å². The number of ether oxygens (including phenoxy) is 1. The van der Waals surface area contributed by atoms with Crippen LogP contribution in [0.4, 0.5) is 0 Å². The number of piperidine rings is 1. The van der Waals surface area contributed by atoms with Crippen molar-refractivity contribution in [2.24, 2.45) is 0 Å². The quantitative estimate of drug-likeness (QED) is 0.707. The molecule has 0 aromatic heterocycles. The van der Waals surface area contributed by atoms with Crippen molar-refractivity contribution >= 4 is 0 Å². The molecule has 0 aromatic carbocycles. The molecular weight excluding hydrogens is 176 g/mol. The molecule has 82 valence electrons. The minimum Gasteiger partial charge on any atom is -0.381 e. The van der Waals surface area contributed by atoms with Crippen LogP contribution in [0.3, 0.4) is 0 Å². The molecule has 3 nitrogen and oxygen atoms in total. The first kappa shape index (κ1) is 10.4. The summed E-state index contributed by atoms with van der Waals surface area (Å²) in [6, 6.07) is 1.40. The molecular formula is C11H22N2O. The van der Waals surface area contributed by atoms with Crippen molar-refractivity contribution < 1.29 is 4.74 Å². The molecule has 1 saturated carbocycles. The molecule has 2 fully saturated rings. The minimum atomic E-state index is 0.504. The lowest BCUT2D eigenvalue weighted by Gasteiger charge is -2.27. The number of methoxy groups -OCH3 is 1. The van der Waals surface area contributed by atoms with Gasteiger partial charge in [0.15, 0.2) is 0 Å². The lowest BCUT2D eigenvalue weighted by Crippen LogP contribution is -2.46. The van der Waals surface area contributed by atoms with E-state index in [0.717, 1.165) is 6.54 Å². The van der Waals surface area contributed by atoms with Crippen molar-refractivity contribution in [3.63, 3.8) is 0 Å². The molecule has 2 rings (SSSR count). The first-order chi connectivity index (χ1) is 6.88. The first-order valence-corrected chi connectivity index (χ1v) is 5.88.